The number of methoxy groups -OCH3 is 1. The molecule has 0 spiro atoms. The third kappa shape index (κ3) is 3.47. The van der Waals surface area contributed by atoms with Crippen molar-refractivity contribution in [2.75, 3.05) is 20.2 Å². The van der Waals surface area contributed by atoms with Crippen LogP contribution in [0.1, 0.15) is 31.2 Å². The first-order valence-electron chi connectivity index (χ1n) is 6.90. The van der Waals surface area contributed by atoms with E-state index in [4.69, 9.17) is 10.5 Å². The van der Waals surface area contributed by atoms with Gasteiger partial charge in [0.2, 0.25) is 0 Å². The van der Waals surface area contributed by atoms with E-state index >= 15 is 0 Å². The van der Waals surface area contributed by atoms with E-state index < -0.39 is 0 Å². The normalized spacial score (nSPS) is 21.6. The molecule has 1 aliphatic heterocycles. The lowest BCUT2D eigenvalue weighted by Gasteiger charge is -2.28. The molecule has 0 bridgehead atoms. The Hall–Kier alpha value is -1.06. The Balaban J connectivity index is 2.00. The maximum absolute atomic E-state index is 5.90. The molecule has 1 saturated heterocycles. The molecule has 0 aliphatic carbocycles. The minimum absolute atomic E-state index is 0.551. The summed E-state index contributed by atoms with van der Waals surface area (Å²) < 4.78 is 5.19. The Morgan fingerprint density at radius 2 is 2.00 bits per heavy atom. The van der Waals surface area contributed by atoms with Gasteiger partial charge in [-0.1, -0.05) is 25.0 Å². The SMILES string of the molecule is COc1ccc(CN2CCCCCC2CN)cc1. The van der Waals surface area contributed by atoms with Crippen LogP contribution in [-0.4, -0.2) is 31.1 Å². The Bertz CT molecular complexity index is 350. The van der Waals surface area contributed by atoms with E-state index in [1.807, 2.05) is 12.1 Å². The Morgan fingerprint density at radius 1 is 1.22 bits per heavy atom. The lowest BCUT2D eigenvalue weighted by atomic mass is 10.1. The molecule has 18 heavy (non-hydrogen) atoms. The predicted octanol–water partition coefficient (Wildman–Crippen LogP) is 2.40. The summed E-state index contributed by atoms with van der Waals surface area (Å²) in [4.78, 5) is 2.54. The van der Waals surface area contributed by atoms with Gasteiger partial charge in [-0.2, -0.15) is 0 Å². The van der Waals surface area contributed by atoms with E-state index in [2.05, 4.69) is 17.0 Å². The van der Waals surface area contributed by atoms with Crippen LogP contribution >= 0.6 is 0 Å². The van der Waals surface area contributed by atoms with Gasteiger partial charge in [0.05, 0.1) is 7.11 Å². The number of rotatable bonds is 4. The lowest BCUT2D eigenvalue weighted by molar-refractivity contribution is 0.195. The molecule has 0 amide bonds. The van der Waals surface area contributed by atoms with Crippen LogP contribution in [-0.2, 0) is 6.54 Å². The van der Waals surface area contributed by atoms with Crippen molar-refractivity contribution < 1.29 is 4.74 Å². The molecule has 1 aromatic rings. The zero-order valence-electron chi connectivity index (χ0n) is 11.3. The molecule has 1 atom stereocenters. The van der Waals surface area contributed by atoms with Crippen molar-refractivity contribution >= 4 is 0 Å². The molecule has 100 valence electrons. The molecule has 0 saturated carbocycles. The lowest BCUT2D eigenvalue weighted by Crippen LogP contribution is -2.39. The van der Waals surface area contributed by atoms with Crippen molar-refractivity contribution in [3.8, 4) is 5.75 Å². The first-order chi connectivity index (χ1) is 8.83. The molecule has 2 N–H and O–H groups in total. The van der Waals surface area contributed by atoms with Crippen LogP contribution in [0.25, 0.3) is 0 Å². The minimum Gasteiger partial charge on any atom is -0.497 e. The second-order valence-electron chi connectivity index (χ2n) is 5.06. The van der Waals surface area contributed by atoms with Gasteiger partial charge in [-0.25, -0.2) is 0 Å². The van der Waals surface area contributed by atoms with Crippen molar-refractivity contribution in [3.63, 3.8) is 0 Å². The molecule has 1 aliphatic rings. The van der Waals surface area contributed by atoms with Gasteiger partial charge < -0.3 is 10.5 Å². The van der Waals surface area contributed by atoms with Gasteiger partial charge in [0.25, 0.3) is 0 Å². The van der Waals surface area contributed by atoms with Crippen LogP contribution in [0.15, 0.2) is 24.3 Å². The molecule has 1 fully saturated rings. The monoisotopic (exact) mass is 248 g/mol. The number of ether oxygens (including phenoxy) is 1. The standard InChI is InChI=1S/C15H24N2O/c1-18-15-8-6-13(7-9-15)12-17-10-4-2-3-5-14(17)11-16/h6-9,14H,2-5,10-12,16H2,1H3. The number of benzene rings is 1. The van der Waals surface area contributed by atoms with E-state index in [1.54, 1.807) is 7.11 Å². The van der Waals surface area contributed by atoms with E-state index in [9.17, 15) is 0 Å². The van der Waals surface area contributed by atoms with Crippen LogP contribution < -0.4 is 10.5 Å². The van der Waals surface area contributed by atoms with Gasteiger partial charge in [-0.05, 0) is 37.1 Å². The van der Waals surface area contributed by atoms with E-state index in [-0.39, 0.29) is 0 Å². The maximum atomic E-state index is 5.90. The van der Waals surface area contributed by atoms with Crippen LogP contribution in [0.5, 0.6) is 5.75 Å². The summed E-state index contributed by atoms with van der Waals surface area (Å²) in [6.07, 6.45) is 5.20. The van der Waals surface area contributed by atoms with Crippen LogP contribution in [0.4, 0.5) is 0 Å². The zero-order valence-corrected chi connectivity index (χ0v) is 11.3. The first-order valence-corrected chi connectivity index (χ1v) is 6.90. The Kier molecular flexibility index (Phi) is 5.02. The van der Waals surface area contributed by atoms with Crippen molar-refractivity contribution in [2.45, 2.75) is 38.3 Å². The fourth-order valence-electron chi connectivity index (χ4n) is 2.68. The topological polar surface area (TPSA) is 38.5 Å². The quantitative estimate of drug-likeness (QED) is 0.889. The van der Waals surface area contributed by atoms with Gasteiger partial charge in [0.15, 0.2) is 0 Å². The molecule has 1 unspecified atom stereocenters. The number of hydrogen-bond acceptors (Lipinski definition) is 3. The van der Waals surface area contributed by atoms with Crippen molar-refractivity contribution in [2.24, 2.45) is 5.73 Å². The maximum Gasteiger partial charge on any atom is 0.118 e. The second-order valence-corrected chi connectivity index (χ2v) is 5.06. The smallest absolute Gasteiger partial charge is 0.118 e. The highest BCUT2D eigenvalue weighted by atomic mass is 16.5. The van der Waals surface area contributed by atoms with Gasteiger partial charge in [-0.15, -0.1) is 0 Å². The molecule has 0 aromatic heterocycles. The summed E-state index contributed by atoms with van der Waals surface area (Å²) in [7, 11) is 1.70. The number of likely N-dealkylation sites (tertiary alicyclic amines) is 1. The summed E-state index contributed by atoms with van der Waals surface area (Å²) in [5.41, 5.74) is 7.24. The van der Waals surface area contributed by atoms with Gasteiger partial charge in [0, 0.05) is 19.1 Å². The number of nitrogens with zero attached hydrogens (tertiary/aromatic N) is 1. The summed E-state index contributed by atoms with van der Waals surface area (Å²) in [6.45, 7) is 2.95. The highest BCUT2D eigenvalue weighted by molar-refractivity contribution is 5.27. The summed E-state index contributed by atoms with van der Waals surface area (Å²) in [5, 5.41) is 0. The van der Waals surface area contributed by atoms with E-state index in [1.165, 1.54) is 37.8 Å². The summed E-state index contributed by atoms with van der Waals surface area (Å²) >= 11 is 0. The van der Waals surface area contributed by atoms with Gasteiger partial charge in [-0.3, -0.25) is 4.90 Å². The van der Waals surface area contributed by atoms with E-state index in [0.717, 1.165) is 18.8 Å². The molecule has 3 heteroatoms. The van der Waals surface area contributed by atoms with Crippen molar-refractivity contribution in [3.05, 3.63) is 29.8 Å². The minimum atomic E-state index is 0.551. The molecule has 1 aromatic carbocycles. The van der Waals surface area contributed by atoms with Crippen LogP contribution in [0, 0.1) is 0 Å². The van der Waals surface area contributed by atoms with Crippen LogP contribution in [0.3, 0.4) is 0 Å². The van der Waals surface area contributed by atoms with Crippen LogP contribution in [0.2, 0.25) is 0 Å². The molecular weight excluding hydrogens is 224 g/mol. The molecule has 3 nitrogen and oxygen atoms in total. The molecule has 1 heterocycles. The first kappa shape index (κ1) is 13.4. The Labute approximate surface area is 110 Å². The average molecular weight is 248 g/mol. The van der Waals surface area contributed by atoms with Crippen molar-refractivity contribution in [1.29, 1.82) is 0 Å². The average Bonchev–Trinajstić information content (AvgIpc) is 2.64. The predicted molar refractivity (Wildman–Crippen MR) is 74.7 cm³/mol. The largest absolute Gasteiger partial charge is 0.497 e. The van der Waals surface area contributed by atoms with Gasteiger partial charge in [0.1, 0.15) is 5.75 Å². The fourth-order valence-corrected chi connectivity index (χ4v) is 2.68. The second kappa shape index (κ2) is 6.76. The zero-order chi connectivity index (χ0) is 12.8. The third-order valence-corrected chi connectivity index (χ3v) is 3.82. The highest BCUT2D eigenvalue weighted by Crippen LogP contribution is 2.20. The number of hydrogen-bond donors (Lipinski definition) is 1. The fraction of sp³-hybridized carbons (Fsp3) is 0.600. The van der Waals surface area contributed by atoms with Gasteiger partial charge >= 0.3 is 0 Å². The summed E-state index contributed by atoms with van der Waals surface area (Å²) in [5.74, 6) is 0.921. The summed E-state index contributed by atoms with van der Waals surface area (Å²) in [6, 6.07) is 8.92. The molecule has 0 radical (unpaired) electrons. The molecule has 2 rings (SSSR count). The number of nitrogens with two attached hydrogens (primary N) is 1. The third-order valence-electron chi connectivity index (χ3n) is 3.82. The highest BCUT2D eigenvalue weighted by Gasteiger charge is 2.19. The van der Waals surface area contributed by atoms with Crippen molar-refractivity contribution in [1.82, 2.24) is 4.90 Å². The molecular formula is C15H24N2O. The van der Waals surface area contributed by atoms with E-state index in [0.29, 0.717) is 6.04 Å². The Morgan fingerprint density at radius 3 is 2.67 bits per heavy atom.